The molecule has 2 aromatic heterocycles. The molecule has 0 aliphatic carbocycles. The second-order valence-corrected chi connectivity index (χ2v) is 2.53. The number of carboxylic acids is 1. The topological polar surface area (TPSA) is 80.4 Å². The third-order valence-corrected chi connectivity index (χ3v) is 1.78. The maximum Gasteiger partial charge on any atom is 0.339 e. The zero-order valence-electron chi connectivity index (χ0n) is 6.80. The molecule has 0 radical (unpaired) electrons. The molecule has 0 fully saturated rings. The zero-order valence-corrected chi connectivity index (χ0v) is 6.80. The molecule has 0 unspecified atom stereocenters. The van der Waals surface area contributed by atoms with E-state index >= 15 is 0 Å². The van der Waals surface area contributed by atoms with Gasteiger partial charge in [-0.15, -0.1) is 0 Å². The van der Waals surface area contributed by atoms with Crippen molar-refractivity contribution in [3.8, 4) is 0 Å². The number of aromatic carboxylic acids is 1. The molecule has 2 rings (SSSR count). The van der Waals surface area contributed by atoms with Crippen molar-refractivity contribution in [3.05, 3.63) is 23.8 Å². The maximum atomic E-state index is 10.7. The van der Waals surface area contributed by atoms with Crippen LogP contribution >= 0.6 is 0 Å². The number of fused-ring (bicyclic) bond motifs is 1. The van der Waals surface area contributed by atoms with E-state index in [0.717, 1.165) is 0 Å². The van der Waals surface area contributed by atoms with Gasteiger partial charge < -0.3 is 5.11 Å². The molecule has 13 heavy (non-hydrogen) atoms. The highest BCUT2D eigenvalue weighted by molar-refractivity contribution is 5.88. The van der Waals surface area contributed by atoms with Gasteiger partial charge in [-0.3, -0.25) is 0 Å². The van der Waals surface area contributed by atoms with Crippen LogP contribution in [0.15, 0.2) is 12.5 Å². The molecular formula is C7H6N4O2. The Morgan fingerprint density at radius 2 is 2.31 bits per heavy atom. The van der Waals surface area contributed by atoms with Crippen molar-refractivity contribution in [2.45, 2.75) is 6.92 Å². The summed E-state index contributed by atoms with van der Waals surface area (Å²) in [6.45, 7) is 1.66. The molecule has 2 heterocycles. The van der Waals surface area contributed by atoms with E-state index in [0.29, 0.717) is 11.5 Å². The molecule has 0 saturated heterocycles. The molecule has 6 heteroatoms. The summed E-state index contributed by atoms with van der Waals surface area (Å²) >= 11 is 0. The lowest BCUT2D eigenvalue weighted by Crippen LogP contribution is -2.06. The fourth-order valence-corrected chi connectivity index (χ4v) is 1.10. The van der Waals surface area contributed by atoms with Gasteiger partial charge in [0.25, 0.3) is 5.78 Å². The van der Waals surface area contributed by atoms with Gasteiger partial charge in [0.05, 0.1) is 11.3 Å². The molecule has 0 saturated carbocycles. The van der Waals surface area contributed by atoms with Gasteiger partial charge in [0, 0.05) is 6.20 Å². The fraction of sp³-hybridized carbons (Fsp3) is 0.143. The highest BCUT2D eigenvalue weighted by Gasteiger charge is 2.11. The van der Waals surface area contributed by atoms with Crippen LogP contribution in [0.25, 0.3) is 5.78 Å². The standard InChI is InChI=1S/C7H6N4O2/c1-4-5(6(12)13)2-8-7-9-3-10-11(4)7/h2-3H,1H3,(H,12,13). The summed E-state index contributed by atoms with van der Waals surface area (Å²) in [5.74, 6) is -0.607. The third kappa shape index (κ3) is 1.03. The lowest BCUT2D eigenvalue weighted by Gasteiger charge is -2.00. The first kappa shape index (κ1) is 7.66. The predicted octanol–water partition coefficient (Wildman–Crippen LogP) is 0.131. The molecular weight excluding hydrogens is 172 g/mol. The summed E-state index contributed by atoms with van der Waals surface area (Å²) in [5.41, 5.74) is 0.660. The number of carboxylic acid groups (broad SMARTS) is 1. The normalized spacial score (nSPS) is 10.5. The minimum atomic E-state index is -1.01. The van der Waals surface area contributed by atoms with Crippen molar-refractivity contribution < 1.29 is 9.90 Å². The number of aromatic nitrogens is 4. The molecule has 0 aliphatic heterocycles. The Labute approximate surface area is 72.9 Å². The first-order valence-corrected chi connectivity index (χ1v) is 3.59. The fourth-order valence-electron chi connectivity index (χ4n) is 1.10. The van der Waals surface area contributed by atoms with Crippen LogP contribution in [-0.2, 0) is 0 Å². The summed E-state index contributed by atoms with van der Waals surface area (Å²) in [6, 6.07) is 0. The van der Waals surface area contributed by atoms with Gasteiger partial charge in [0.1, 0.15) is 6.33 Å². The molecule has 6 nitrogen and oxygen atoms in total. The number of carbonyl (C=O) groups is 1. The van der Waals surface area contributed by atoms with E-state index in [4.69, 9.17) is 5.11 Å². The second kappa shape index (κ2) is 2.51. The Balaban J connectivity index is 2.80. The van der Waals surface area contributed by atoms with Crippen LogP contribution in [-0.4, -0.2) is 30.7 Å². The number of nitrogens with zero attached hydrogens (tertiary/aromatic N) is 4. The highest BCUT2D eigenvalue weighted by Crippen LogP contribution is 2.06. The molecule has 0 spiro atoms. The Hall–Kier alpha value is -1.98. The van der Waals surface area contributed by atoms with E-state index in [1.54, 1.807) is 6.92 Å². The third-order valence-electron chi connectivity index (χ3n) is 1.78. The molecule has 0 aromatic carbocycles. The van der Waals surface area contributed by atoms with Crippen molar-refractivity contribution in [2.24, 2.45) is 0 Å². The van der Waals surface area contributed by atoms with E-state index in [2.05, 4.69) is 15.1 Å². The average Bonchev–Trinajstić information content (AvgIpc) is 2.52. The minimum absolute atomic E-state index is 0.137. The van der Waals surface area contributed by atoms with Gasteiger partial charge in [0.2, 0.25) is 0 Å². The molecule has 66 valence electrons. The minimum Gasteiger partial charge on any atom is -0.478 e. The SMILES string of the molecule is Cc1c(C(=O)O)cnc2ncnn12. The highest BCUT2D eigenvalue weighted by atomic mass is 16.4. The van der Waals surface area contributed by atoms with Gasteiger partial charge in [-0.1, -0.05) is 0 Å². The molecule has 2 aromatic rings. The smallest absolute Gasteiger partial charge is 0.339 e. The Kier molecular flexibility index (Phi) is 1.48. The van der Waals surface area contributed by atoms with Crippen molar-refractivity contribution in [2.75, 3.05) is 0 Å². The summed E-state index contributed by atoms with van der Waals surface area (Å²) in [4.78, 5) is 18.3. The first-order chi connectivity index (χ1) is 6.20. The van der Waals surface area contributed by atoms with E-state index in [-0.39, 0.29) is 5.56 Å². The lowest BCUT2D eigenvalue weighted by molar-refractivity contribution is 0.0695. The van der Waals surface area contributed by atoms with Crippen molar-refractivity contribution in [3.63, 3.8) is 0 Å². The van der Waals surface area contributed by atoms with Crippen molar-refractivity contribution in [1.29, 1.82) is 0 Å². The number of hydrogen-bond donors (Lipinski definition) is 1. The Morgan fingerprint density at radius 3 is 3.00 bits per heavy atom. The monoisotopic (exact) mass is 178 g/mol. The largest absolute Gasteiger partial charge is 0.478 e. The van der Waals surface area contributed by atoms with Gasteiger partial charge >= 0.3 is 5.97 Å². The number of rotatable bonds is 1. The Bertz CT molecular complexity index is 476. The zero-order chi connectivity index (χ0) is 9.42. The maximum absolute atomic E-state index is 10.7. The summed E-state index contributed by atoms with van der Waals surface area (Å²) in [7, 11) is 0. The molecule has 1 N–H and O–H groups in total. The van der Waals surface area contributed by atoms with Crippen LogP contribution in [0, 0.1) is 6.92 Å². The van der Waals surface area contributed by atoms with E-state index in [1.165, 1.54) is 17.0 Å². The molecule has 0 bridgehead atoms. The van der Waals surface area contributed by atoms with Crippen LogP contribution in [0.2, 0.25) is 0 Å². The van der Waals surface area contributed by atoms with Crippen LogP contribution in [0.3, 0.4) is 0 Å². The van der Waals surface area contributed by atoms with Gasteiger partial charge in [0.15, 0.2) is 0 Å². The second-order valence-electron chi connectivity index (χ2n) is 2.53. The van der Waals surface area contributed by atoms with Crippen LogP contribution < -0.4 is 0 Å². The van der Waals surface area contributed by atoms with Crippen molar-refractivity contribution >= 4 is 11.7 Å². The van der Waals surface area contributed by atoms with Gasteiger partial charge in [-0.2, -0.15) is 10.1 Å². The first-order valence-electron chi connectivity index (χ1n) is 3.59. The van der Waals surface area contributed by atoms with Crippen LogP contribution in [0.4, 0.5) is 0 Å². The van der Waals surface area contributed by atoms with Crippen molar-refractivity contribution in [1.82, 2.24) is 19.6 Å². The summed E-state index contributed by atoms with van der Waals surface area (Å²) < 4.78 is 1.39. The summed E-state index contributed by atoms with van der Waals surface area (Å²) in [5, 5.41) is 12.6. The molecule has 0 atom stereocenters. The average molecular weight is 178 g/mol. The van der Waals surface area contributed by atoms with Crippen LogP contribution in [0.1, 0.15) is 16.1 Å². The number of aryl methyl sites for hydroxylation is 1. The molecule has 0 amide bonds. The van der Waals surface area contributed by atoms with Crippen LogP contribution in [0.5, 0.6) is 0 Å². The Morgan fingerprint density at radius 1 is 1.54 bits per heavy atom. The quantitative estimate of drug-likeness (QED) is 0.671. The molecule has 0 aliphatic rings. The summed E-state index contributed by atoms with van der Waals surface area (Å²) in [6.07, 6.45) is 2.61. The van der Waals surface area contributed by atoms with Gasteiger partial charge in [-0.25, -0.2) is 14.3 Å². The van der Waals surface area contributed by atoms with E-state index in [1.807, 2.05) is 0 Å². The van der Waals surface area contributed by atoms with E-state index in [9.17, 15) is 4.79 Å². The predicted molar refractivity (Wildman–Crippen MR) is 42.5 cm³/mol. The van der Waals surface area contributed by atoms with E-state index < -0.39 is 5.97 Å². The van der Waals surface area contributed by atoms with Gasteiger partial charge in [-0.05, 0) is 6.92 Å². The number of hydrogen-bond acceptors (Lipinski definition) is 4. The lowest BCUT2D eigenvalue weighted by atomic mass is 10.2.